The molecule has 1 fully saturated rings. The van der Waals surface area contributed by atoms with Crippen LogP contribution in [0.2, 0.25) is 0 Å². The van der Waals surface area contributed by atoms with Gasteiger partial charge in [0, 0.05) is 6.61 Å². The van der Waals surface area contributed by atoms with Crippen molar-refractivity contribution in [3.05, 3.63) is 48.0 Å². The van der Waals surface area contributed by atoms with E-state index < -0.39 is 6.10 Å². The summed E-state index contributed by atoms with van der Waals surface area (Å²) in [7, 11) is 0. The van der Waals surface area contributed by atoms with Gasteiger partial charge in [0.2, 0.25) is 0 Å². The highest BCUT2D eigenvalue weighted by Crippen LogP contribution is 2.31. The Bertz CT molecular complexity index is 510. The summed E-state index contributed by atoms with van der Waals surface area (Å²) in [5.41, 5.74) is 0.981. The van der Waals surface area contributed by atoms with Crippen LogP contribution in [0.5, 0.6) is 0 Å². The van der Waals surface area contributed by atoms with Crippen molar-refractivity contribution in [3.8, 4) is 0 Å². The van der Waals surface area contributed by atoms with Gasteiger partial charge in [-0.05, 0) is 29.2 Å². The minimum Gasteiger partial charge on any atom is -0.386 e. The number of hydrogen-bond donors (Lipinski definition) is 1. The van der Waals surface area contributed by atoms with Crippen molar-refractivity contribution >= 4 is 10.8 Å². The van der Waals surface area contributed by atoms with Crippen LogP contribution in [0, 0.1) is 0 Å². The van der Waals surface area contributed by atoms with Crippen LogP contribution < -0.4 is 0 Å². The highest BCUT2D eigenvalue weighted by molar-refractivity contribution is 5.86. The van der Waals surface area contributed by atoms with E-state index in [1.165, 1.54) is 5.39 Å². The van der Waals surface area contributed by atoms with Gasteiger partial charge in [-0.3, -0.25) is 0 Å². The third kappa shape index (κ3) is 1.94. The number of rotatable bonds is 2. The normalized spacial score (nSPS) is 21.8. The van der Waals surface area contributed by atoms with Crippen LogP contribution in [-0.2, 0) is 4.74 Å². The second-order valence-electron chi connectivity index (χ2n) is 4.56. The van der Waals surface area contributed by atoms with Crippen molar-refractivity contribution in [3.63, 3.8) is 0 Å². The number of aliphatic hydroxyl groups is 1. The molecule has 1 saturated heterocycles. The summed E-state index contributed by atoms with van der Waals surface area (Å²) in [5.74, 6) is 0. The largest absolute Gasteiger partial charge is 0.386 e. The predicted molar refractivity (Wildman–Crippen MR) is 67.9 cm³/mol. The lowest BCUT2D eigenvalue weighted by Gasteiger charge is -2.19. The predicted octanol–water partition coefficient (Wildman–Crippen LogP) is 3.05. The lowest BCUT2D eigenvalue weighted by Crippen LogP contribution is -2.17. The van der Waals surface area contributed by atoms with Crippen LogP contribution in [0.1, 0.15) is 24.5 Å². The molecule has 0 amide bonds. The Morgan fingerprint density at radius 1 is 1.12 bits per heavy atom. The fourth-order valence-electron chi connectivity index (χ4n) is 2.56. The van der Waals surface area contributed by atoms with Crippen molar-refractivity contribution in [2.75, 3.05) is 6.61 Å². The maximum Gasteiger partial charge on any atom is 0.106 e. The second kappa shape index (κ2) is 4.47. The highest BCUT2D eigenvalue weighted by atomic mass is 16.5. The maximum atomic E-state index is 10.4. The molecule has 2 nitrogen and oxygen atoms in total. The molecular weight excluding hydrogens is 212 g/mol. The number of ether oxygens (including phenoxy) is 1. The van der Waals surface area contributed by atoms with E-state index in [4.69, 9.17) is 4.74 Å². The minimum absolute atomic E-state index is 0.0409. The van der Waals surface area contributed by atoms with Crippen LogP contribution in [0.15, 0.2) is 42.5 Å². The fraction of sp³-hybridized carbons (Fsp3) is 0.333. The summed E-state index contributed by atoms with van der Waals surface area (Å²) >= 11 is 0. The number of fused-ring (bicyclic) bond motifs is 1. The van der Waals surface area contributed by atoms with E-state index in [1.807, 2.05) is 24.3 Å². The average molecular weight is 228 g/mol. The summed E-state index contributed by atoms with van der Waals surface area (Å²) in [4.78, 5) is 0. The van der Waals surface area contributed by atoms with Gasteiger partial charge >= 0.3 is 0 Å². The van der Waals surface area contributed by atoms with Crippen LogP contribution >= 0.6 is 0 Å². The van der Waals surface area contributed by atoms with Gasteiger partial charge in [0.25, 0.3) is 0 Å². The molecular formula is C15H16O2. The molecule has 0 spiro atoms. The third-order valence-electron chi connectivity index (χ3n) is 3.46. The van der Waals surface area contributed by atoms with Crippen molar-refractivity contribution in [1.82, 2.24) is 0 Å². The molecule has 0 aliphatic carbocycles. The van der Waals surface area contributed by atoms with E-state index in [-0.39, 0.29) is 6.10 Å². The molecule has 1 heterocycles. The average Bonchev–Trinajstić information content (AvgIpc) is 2.91. The first-order chi connectivity index (χ1) is 8.36. The fourth-order valence-corrected chi connectivity index (χ4v) is 2.56. The van der Waals surface area contributed by atoms with Crippen LogP contribution in [0.25, 0.3) is 10.8 Å². The van der Waals surface area contributed by atoms with Crippen LogP contribution in [0.3, 0.4) is 0 Å². The Kier molecular flexibility index (Phi) is 2.83. The summed E-state index contributed by atoms with van der Waals surface area (Å²) < 4.78 is 5.57. The summed E-state index contributed by atoms with van der Waals surface area (Å²) in [6.07, 6.45) is 1.45. The van der Waals surface area contributed by atoms with Crippen molar-refractivity contribution in [2.24, 2.45) is 0 Å². The molecule has 0 bridgehead atoms. The standard InChI is InChI=1S/C15H16O2/c16-15(14-9-4-10-17-14)13-8-3-6-11-5-1-2-7-12(11)13/h1-3,5-8,14-16H,4,9-10H2. The molecule has 1 N–H and O–H groups in total. The monoisotopic (exact) mass is 228 g/mol. The van der Waals surface area contributed by atoms with Crippen LogP contribution in [-0.4, -0.2) is 17.8 Å². The Morgan fingerprint density at radius 2 is 1.94 bits per heavy atom. The van der Waals surface area contributed by atoms with Gasteiger partial charge in [-0.1, -0.05) is 42.5 Å². The Morgan fingerprint density at radius 3 is 2.76 bits per heavy atom. The summed E-state index contributed by atoms with van der Waals surface area (Å²) in [5, 5.41) is 12.7. The van der Waals surface area contributed by atoms with Gasteiger partial charge in [-0.15, -0.1) is 0 Å². The topological polar surface area (TPSA) is 29.5 Å². The molecule has 0 radical (unpaired) electrons. The van der Waals surface area contributed by atoms with E-state index in [0.29, 0.717) is 0 Å². The number of aliphatic hydroxyl groups excluding tert-OH is 1. The minimum atomic E-state index is -0.511. The SMILES string of the molecule is OC(c1cccc2ccccc12)C1CCCO1. The smallest absolute Gasteiger partial charge is 0.106 e. The van der Waals surface area contributed by atoms with Gasteiger partial charge in [0.15, 0.2) is 0 Å². The molecule has 0 aromatic heterocycles. The van der Waals surface area contributed by atoms with Gasteiger partial charge in [0.05, 0.1) is 6.10 Å². The Hall–Kier alpha value is -1.38. The third-order valence-corrected chi connectivity index (χ3v) is 3.46. The van der Waals surface area contributed by atoms with E-state index in [1.54, 1.807) is 0 Å². The number of hydrogen-bond acceptors (Lipinski definition) is 2. The molecule has 2 aromatic rings. The Balaban J connectivity index is 2.04. The second-order valence-corrected chi connectivity index (χ2v) is 4.56. The van der Waals surface area contributed by atoms with E-state index in [9.17, 15) is 5.11 Å². The zero-order chi connectivity index (χ0) is 11.7. The molecule has 3 rings (SSSR count). The molecule has 2 heteroatoms. The first kappa shape index (κ1) is 10.8. The Labute approximate surface area is 101 Å². The van der Waals surface area contributed by atoms with Crippen molar-refractivity contribution in [2.45, 2.75) is 25.0 Å². The first-order valence-corrected chi connectivity index (χ1v) is 6.13. The lowest BCUT2D eigenvalue weighted by atomic mass is 9.96. The number of benzene rings is 2. The van der Waals surface area contributed by atoms with E-state index in [0.717, 1.165) is 30.4 Å². The molecule has 1 aliphatic heterocycles. The van der Waals surface area contributed by atoms with E-state index >= 15 is 0 Å². The zero-order valence-electron chi connectivity index (χ0n) is 9.67. The molecule has 2 unspecified atom stereocenters. The highest BCUT2D eigenvalue weighted by Gasteiger charge is 2.26. The van der Waals surface area contributed by atoms with Gasteiger partial charge < -0.3 is 9.84 Å². The van der Waals surface area contributed by atoms with E-state index in [2.05, 4.69) is 18.2 Å². The molecule has 2 aromatic carbocycles. The quantitative estimate of drug-likeness (QED) is 0.856. The molecule has 1 aliphatic rings. The van der Waals surface area contributed by atoms with Crippen LogP contribution in [0.4, 0.5) is 0 Å². The first-order valence-electron chi connectivity index (χ1n) is 6.13. The van der Waals surface area contributed by atoms with Crippen molar-refractivity contribution < 1.29 is 9.84 Å². The molecule has 2 atom stereocenters. The summed E-state index contributed by atoms with van der Waals surface area (Å²) in [6.45, 7) is 0.770. The van der Waals surface area contributed by atoms with Gasteiger partial charge in [0.1, 0.15) is 6.10 Å². The van der Waals surface area contributed by atoms with Gasteiger partial charge in [-0.25, -0.2) is 0 Å². The maximum absolute atomic E-state index is 10.4. The van der Waals surface area contributed by atoms with Crippen molar-refractivity contribution in [1.29, 1.82) is 0 Å². The molecule has 88 valence electrons. The molecule has 17 heavy (non-hydrogen) atoms. The summed E-state index contributed by atoms with van der Waals surface area (Å²) in [6, 6.07) is 14.2. The van der Waals surface area contributed by atoms with Gasteiger partial charge in [-0.2, -0.15) is 0 Å². The zero-order valence-corrected chi connectivity index (χ0v) is 9.67. The lowest BCUT2D eigenvalue weighted by molar-refractivity contribution is -0.00185. The molecule has 0 saturated carbocycles.